The van der Waals surface area contributed by atoms with Gasteiger partial charge in [0, 0.05) is 50.4 Å². The highest BCUT2D eigenvalue weighted by atomic mass is 35.5. The number of anilines is 1. The average Bonchev–Trinajstić information content (AvgIpc) is 3.27. The van der Waals surface area contributed by atoms with Gasteiger partial charge in [-0.05, 0) is 43.9 Å². The lowest BCUT2D eigenvalue weighted by molar-refractivity contribution is 0.0636. The molecular formula is C23H30Cl2N6O3S. The van der Waals surface area contributed by atoms with Crippen LogP contribution in [-0.2, 0) is 16.6 Å². The Morgan fingerprint density at radius 3 is 2.54 bits per heavy atom. The Bertz CT molecular complexity index is 1190. The molecule has 1 amide bonds. The van der Waals surface area contributed by atoms with E-state index < -0.39 is 10.0 Å². The molecule has 9 nitrogen and oxygen atoms in total. The fourth-order valence-corrected chi connectivity index (χ4v) is 5.90. The van der Waals surface area contributed by atoms with Crippen LogP contribution in [0.5, 0.6) is 0 Å². The number of benzene rings is 1. The van der Waals surface area contributed by atoms with Crippen molar-refractivity contribution in [1.29, 1.82) is 0 Å². The first-order valence-corrected chi connectivity index (χ1v) is 14.3. The molecular weight excluding hydrogens is 511 g/mol. The topological polar surface area (TPSA) is 108 Å². The van der Waals surface area contributed by atoms with Crippen LogP contribution >= 0.6 is 23.2 Å². The molecule has 2 saturated heterocycles. The van der Waals surface area contributed by atoms with Gasteiger partial charge in [-0.1, -0.05) is 29.3 Å². The highest BCUT2D eigenvalue weighted by Gasteiger charge is 2.33. The highest BCUT2D eigenvalue weighted by Crippen LogP contribution is 2.25. The monoisotopic (exact) mass is 540 g/mol. The summed E-state index contributed by atoms with van der Waals surface area (Å²) in [5.74, 6) is 0.504. The summed E-state index contributed by atoms with van der Waals surface area (Å²) < 4.78 is 25.7. The minimum absolute atomic E-state index is 0.0388. The number of carbonyl (C=O) groups excluding carboxylic acids is 1. The number of sulfonamides is 1. The van der Waals surface area contributed by atoms with Gasteiger partial charge in [0.05, 0.1) is 16.3 Å². The Labute approximate surface area is 216 Å². The molecule has 2 aromatic rings. The van der Waals surface area contributed by atoms with Gasteiger partial charge in [0.25, 0.3) is 5.91 Å². The van der Waals surface area contributed by atoms with Crippen molar-refractivity contribution in [3.63, 3.8) is 0 Å². The molecule has 1 aromatic carbocycles. The average molecular weight is 542 g/mol. The van der Waals surface area contributed by atoms with Gasteiger partial charge in [-0.2, -0.15) is 0 Å². The van der Waals surface area contributed by atoms with E-state index in [9.17, 15) is 13.2 Å². The van der Waals surface area contributed by atoms with Gasteiger partial charge in [-0.3, -0.25) is 9.69 Å². The van der Waals surface area contributed by atoms with Crippen molar-refractivity contribution in [2.24, 2.45) is 0 Å². The van der Waals surface area contributed by atoms with Crippen LogP contribution in [0, 0.1) is 6.92 Å². The van der Waals surface area contributed by atoms with Crippen molar-refractivity contribution in [1.82, 2.24) is 24.5 Å². The first kappa shape index (κ1) is 26.1. The molecule has 0 saturated carbocycles. The quantitative estimate of drug-likeness (QED) is 0.555. The summed E-state index contributed by atoms with van der Waals surface area (Å²) in [6.07, 6.45) is 5.12. The third kappa shape index (κ3) is 6.62. The van der Waals surface area contributed by atoms with Crippen LogP contribution in [0.3, 0.4) is 0 Å². The highest BCUT2D eigenvalue weighted by molar-refractivity contribution is 7.88. The standard InChI is InChI=1S/C23H30Cl2N6O3S/c1-15-21(27-14-28-22(15)26-12-16-3-4-19(24)20(25)11-16)23(32)30-9-6-18(7-10-30)31-8-5-17(13-31)29-35(2,33)34/h3-4,11,14,17-18,29H,5-10,12-13H2,1-2H3,(H,26,27,28)/t17-/m1/s1. The molecule has 1 aromatic heterocycles. The summed E-state index contributed by atoms with van der Waals surface area (Å²) >= 11 is 12.1. The van der Waals surface area contributed by atoms with Gasteiger partial charge in [0.2, 0.25) is 10.0 Å². The second-order valence-electron chi connectivity index (χ2n) is 9.19. The molecule has 2 aliphatic heterocycles. The Morgan fingerprint density at radius 1 is 1.11 bits per heavy atom. The third-order valence-electron chi connectivity index (χ3n) is 6.60. The SMILES string of the molecule is Cc1c(NCc2ccc(Cl)c(Cl)c2)ncnc1C(=O)N1CCC(N2CC[C@@H](NS(C)(=O)=O)C2)CC1. The van der Waals surface area contributed by atoms with E-state index in [0.29, 0.717) is 59.3 Å². The summed E-state index contributed by atoms with van der Waals surface area (Å²) in [5, 5.41) is 4.25. The number of carbonyl (C=O) groups is 1. The molecule has 4 rings (SSSR count). The van der Waals surface area contributed by atoms with Gasteiger partial charge in [-0.15, -0.1) is 0 Å². The third-order valence-corrected chi connectivity index (χ3v) is 8.10. The van der Waals surface area contributed by atoms with E-state index in [1.165, 1.54) is 12.6 Å². The maximum atomic E-state index is 13.3. The van der Waals surface area contributed by atoms with E-state index in [1.54, 1.807) is 12.1 Å². The normalized spacial score (nSPS) is 19.8. The number of hydrogen-bond acceptors (Lipinski definition) is 7. The van der Waals surface area contributed by atoms with Crippen LogP contribution in [-0.4, -0.2) is 78.6 Å². The number of rotatable bonds is 7. The van der Waals surface area contributed by atoms with E-state index in [4.69, 9.17) is 23.2 Å². The van der Waals surface area contributed by atoms with Crippen LogP contribution < -0.4 is 10.0 Å². The zero-order valence-electron chi connectivity index (χ0n) is 19.8. The molecule has 35 heavy (non-hydrogen) atoms. The predicted molar refractivity (Wildman–Crippen MR) is 137 cm³/mol. The Hall–Kier alpha value is -1.98. The van der Waals surface area contributed by atoms with Crippen molar-refractivity contribution in [2.45, 2.75) is 44.8 Å². The molecule has 2 aliphatic rings. The van der Waals surface area contributed by atoms with Gasteiger partial charge in [-0.25, -0.2) is 23.1 Å². The zero-order valence-corrected chi connectivity index (χ0v) is 22.1. The van der Waals surface area contributed by atoms with Gasteiger partial charge in [0.1, 0.15) is 17.8 Å². The molecule has 2 N–H and O–H groups in total. The lowest BCUT2D eigenvalue weighted by atomic mass is 10.0. The number of nitrogens with one attached hydrogen (secondary N) is 2. The smallest absolute Gasteiger partial charge is 0.272 e. The number of likely N-dealkylation sites (tertiary alicyclic amines) is 2. The fraction of sp³-hybridized carbons (Fsp3) is 0.522. The van der Waals surface area contributed by atoms with Crippen LogP contribution in [0.25, 0.3) is 0 Å². The van der Waals surface area contributed by atoms with Crippen molar-refractivity contribution in [3.8, 4) is 0 Å². The number of amides is 1. The first-order chi connectivity index (χ1) is 16.6. The van der Waals surface area contributed by atoms with E-state index in [0.717, 1.165) is 31.4 Å². The molecule has 0 radical (unpaired) electrons. The molecule has 12 heteroatoms. The molecule has 0 spiro atoms. The second kappa shape index (κ2) is 11.0. The Kier molecular flexibility index (Phi) is 8.17. The number of nitrogens with zero attached hydrogens (tertiary/aromatic N) is 4. The minimum atomic E-state index is -3.20. The fourth-order valence-electron chi connectivity index (χ4n) is 4.78. The molecule has 3 heterocycles. The van der Waals surface area contributed by atoms with Crippen molar-refractivity contribution in [3.05, 3.63) is 51.4 Å². The first-order valence-electron chi connectivity index (χ1n) is 11.6. The summed E-state index contributed by atoms with van der Waals surface area (Å²) in [6.45, 7) is 5.18. The van der Waals surface area contributed by atoms with Crippen molar-refractivity contribution < 1.29 is 13.2 Å². The predicted octanol–water partition coefficient (Wildman–Crippen LogP) is 2.93. The maximum absolute atomic E-state index is 13.3. The molecule has 190 valence electrons. The number of halogens is 2. The lowest BCUT2D eigenvalue weighted by Gasteiger charge is -2.36. The molecule has 1 atom stereocenters. The second-order valence-corrected chi connectivity index (χ2v) is 11.8. The minimum Gasteiger partial charge on any atom is -0.366 e. The summed E-state index contributed by atoms with van der Waals surface area (Å²) in [5.41, 5.74) is 2.05. The maximum Gasteiger partial charge on any atom is 0.272 e. The number of hydrogen-bond donors (Lipinski definition) is 2. The van der Waals surface area contributed by atoms with Crippen molar-refractivity contribution in [2.75, 3.05) is 37.8 Å². The Balaban J connectivity index is 1.33. The van der Waals surface area contributed by atoms with Gasteiger partial charge >= 0.3 is 0 Å². The van der Waals surface area contributed by atoms with Crippen molar-refractivity contribution >= 4 is 45.0 Å². The van der Waals surface area contributed by atoms with E-state index in [-0.39, 0.29) is 11.9 Å². The van der Waals surface area contributed by atoms with Crippen LogP contribution in [0.15, 0.2) is 24.5 Å². The molecule has 0 bridgehead atoms. The lowest BCUT2D eigenvalue weighted by Crippen LogP contribution is -2.47. The van der Waals surface area contributed by atoms with Gasteiger partial charge in [0.15, 0.2) is 0 Å². The molecule has 0 unspecified atom stereocenters. The largest absolute Gasteiger partial charge is 0.366 e. The number of piperidine rings is 1. The number of aromatic nitrogens is 2. The van der Waals surface area contributed by atoms with Gasteiger partial charge < -0.3 is 10.2 Å². The van der Waals surface area contributed by atoms with Crippen LogP contribution in [0.1, 0.15) is 40.9 Å². The zero-order chi connectivity index (χ0) is 25.2. The molecule has 0 aliphatic carbocycles. The summed E-state index contributed by atoms with van der Waals surface area (Å²) in [4.78, 5) is 26.0. The Morgan fingerprint density at radius 2 is 1.86 bits per heavy atom. The van der Waals surface area contributed by atoms with Crippen LogP contribution in [0.4, 0.5) is 5.82 Å². The van der Waals surface area contributed by atoms with Crippen LogP contribution in [0.2, 0.25) is 10.0 Å². The van der Waals surface area contributed by atoms with E-state index in [2.05, 4.69) is 24.9 Å². The summed E-state index contributed by atoms with van der Waals surface area (Å²) in [6, 6.07) is 5.73. The summed E-state index contributed by atoms with van der Waals surface area (Å²) in [7, 11) is -3.20. The van der Waals surface area contributed by atoms with E-state index >= 15 is 0 Å². The van der Waals surface area contributed by atoms with E-state index in [1.807, 2.05) is 17.9 Å². The molecule has 2 fully saturated rings.